The summed E-state index contributed by atoms with van der Waals surface area (Å²) in [5.74, 6) is 0.733. The number of aryl methyl sites for hydroxylation is 1. The Labute approximate surface area is 172 Å². The van der Waals surface area contributed by atoms with E-state index in [-0.39, 0.29) is 12.1 Å². The standard InChI is InChI=1S/C19H26F3N7O/c1-14-7-11-28(12-8-14)13-16-25-26-27-29(16)10-4-6-17(30)24-18(19(20,21)22)15-5-2-3-9-23-15/h2-3,5,9,14,18H,4,6-8,10-13H2,1H3,(H,24,30)/t18-/m1/s1. The van der Waals surface area contributed by atoms with Crippen LogP contribution in [-0.4, -0.2) is 55.3 Å². The fourth-order valence-corrected chi connectivity index (χ4v) is 3.42. The zero-order valence-corrected chi connectivity index (χ0v) is 16.8. The molecular weight excluding hydrogens is 399 g/mol. The maximum Gasteiger partial charge on any atom is 0.414 e. The number of pyridine rings is 1. The summed E-state index contributed by atoms with van der Waals surface area (Å²) >= 11 is 0. The summed E-state index contributed by atoms with van der Waals surface area (Å²) in [6, 6.07) is 2.09. The second kappa shape index (κ2) is 9.96. The van der Waals surface area contributed by atoms with Crippen LogP contribution in [-0.2, 0) is 17.9 Å². The molecule has 164 valence electrons. The number of carbonyl (C=O) groups is 1. The second-order valence-corrected chi connectivity index (χ2v) is 7.68. The maximum absolute atomic E-state index is 13.3. The fourth-order valence-electron chi connectivity index (χ4n) is 3.42. The average molecular weight is 425 g/mol. The topological polar surface area (TPSA) is 88.8 Å². The highest BCUT2D eigenvalue weighted by atomic mass is 19.4. The molecule has 0 saturated carbocycles. The van der Waals surface area contributed by atoms with Crippen LogP contribution in [0, 0.1) is 5.92 Å². The van der Waals surface area contributed by atoms with Gasteiger partial charge in [0, 0.05) is 19.2 Å². The molecule has 1 saturated heterocycles. The summed E-state index contributed by atoms with van der Waals surface area (Å²) in [7, 11) is 0. The van der Waals surface area contributed by atoms with Gasteiger partial charge in [-0.15, -0.1) is 5.10 Å². The van der Waals surface area contributed by atoms with E-state index in [9.17, 15) is 18.0 Å². The van der Waals surface area contributed by atoms with Crippen LogP contribution in [0.3, 0.4) is 0 Å². The molecule has 2 aromatic heterocycles. The average Bonchev–Trinajstić information content (AvgIpc) is 3.14. The highest BCUT2D eigenvalue weighted by molar-refractivity contribution is 5.76. The lowest BCUT2D eigenvalue weighted by Gasteiger charge is -2.29. The largest absolute Gasteiger partial charge is 0.414 e. The highest BCUT2D eigenvalue weighted by Crippen LogP contribution is 2.31. The molecule has 30 heavy (non-hydrogen) atoms. The van der Waals surface area contributed by atoms with Crippen molar-refractivity contribution in [3.8, 4) is 0 Å². The van der Waals surface area contributed by atoms with Gasteiger partial charge >= 0.3 is 6.18 Å². The number of halogens is 3. The van der Waals surface area contributed by atoms with E-state index in [1.54, 1.807) is 4.68 Å². The van der Waals surface area contributed by atoms with Gasteiger partial charge in [-0.2, -0.15) is 13.2 Å². The van der Waals surface area contributed by atoms with Crippen molar-refractivity contribution in [3.63, 3.8) is 0 Å². The Hall–Kier alpha value is -2.56. The molecule has 3 heterocycles. The Morgan fingerprint density at radius 1 is 1.30 bits per heavy atom. The van der Waals surface area contributed by atoms with Gasteiger partial charge in [0.05, 0.1) is 12.2 Å². The monoisotopic (exact) mass is 425 g/mol. The van der Waals surface area contributed by atoms with Crippen LogP contribution >= 0.6 is 0 Å². The number of hydrogen-bond donors (Lipinski definition) is 1. The first-order valence-electron chi connectivity index (χ1n) is 10.1. The smallest absolute Gasteiger partial charge is 0.340 e. The molecule has 8 nitrogen and oxygen atoms in total. The molecule has 1 N–H and O–H groups in total. The van der Waals surface area contributed by atoms with Gasteiger partial charge in [0.25, 0.3) is 0 Å². The minimum Gasteiger partial charge on any atom is -0.340 e. The lowest BCUT2D eigenvalue weighted by atomic mass is 9.99. The molecule has 0 aromatic carbocycles. The van der Waals surface area contributed by atoms with E-state index in [0.717, 1.165) is 31.8 Å². The van der Waals surface area contributed by atoms with Crippen molar-refractivity contribution in [1.82, 2.24) is 35.4 Å². The van der Waals surface area contributed by atoms with Crippen molar-refractivity contribution in [2.75, 3.05) is 13.1 Å². The number of piperidine rings is 1. The van der Waals surface area contributed by atoms with E-state index in [1.807, 2.05) is 5.32 Å². The lowest BCUT2D eigenvalue weighted by Crippen LogP contribution is -2.38. The Balaban J connectivity index is 1.49. The quantitative estimate of drug-likeness (QED) is 0.699. The summed E-state index contributed by atoms with van der Waals surface area (Å²) < 4.78 is 41.6. The zero-order chi connectivity index (χ0) is 21.6. The van der Waals surface area contributed by atoms with Crippen LogP contribution in [0.4, 0.5) is 13.2 Å². The number of likely N-dealkylation sites (tertiary alicyclic amines) is 1. The van der Waals surface area contributed by atoms with E-state index in [1.165, 1.54) is 24.4 Å². The number of alkyl halides is 3. The van der Waals surface area contributed by atoms with Crippen molar-refractivity contribution < 1.29 is 18.0 Å². The van der Waals surface area contributed by atoms with Crippen LogP contribution < -0.4 is 5.32 Å². The predicted molar refractivity (Wildman–Crippen MR) is 102 cm³/mol. The first kappa shape index (κ1) is 22.1. The van der Waals surface area contributed by atoms with Gasteiger partial charge in [-0.3, -0.25) is 14.7 Å². The molecular formula is C19H26F3N7O. The van der Waals surface area contributed by atoms with Crippen LogP contribution in [0.15, 0.2) is 24.4 Å². The Kier molecular flexibility index (Phi) is 7.35. The maximum atomic E-state index is 13.3. The van der Waals surface area contributed by atoms with E-state index in [0.29, 0.717) is 25.3 Å². The molecule has 1 atom stereocenters. The number of aromatic nitrogens is 5. The molecule has 2 aromatic rings. The predicted octanol–water partition coefficient (Wildman–Crippen LogP) is 2.50. The summed E-state index contributed by atoms with van der Waals surface area (Å²) in [5.41, 5.74) is -0.239. The minimum atomic E-state index is -4.63. The molecule has 1 amide bonds. The minimum absolute atomic E-state index is 0.0695. The number of nitrogens with one attached hydrogen (secondary N) is 1. The normalized spacial score (nSPS) is 17.1. The number of amides is 1. The molecule has 1 aliphatic rings. The van der Waals surface area contributed by atoms with Crippen molar-refractivity contribution in [2.45, 2.75) is 57.9 Å². The third kappa shape index (κ3) is 6.22. The van der Waals surface area contributed by atoms with Gasteiger partial charge in [-0.05, 0) is 60.8 Å². The van der Waals surface area contributed by atoms with Crippen molar-refractivity contribution in [2.24, 2.45) is 5.92 Å². The van der Waals surface area contributed by atoms with Crippen molar-refractivity contribution in [1.29, 1.82) is 0 Å². The van der Waals surface area contributed by atoms with Gasteiger partial charge in [-0.1, -0.05) is 13.0 Å². The van der Waals surface area contributed by atoms with Gasteiger partial charge in [0.2, 0.25) is 5.91 Å². The summed E-state index contributed by atoms with van der Waals surface area (Å²) in [5, 5.41) is 13.7. The van der Waals surface area contributed by atoms with Crippen LogP contribution in [0.25, 0.3) is 0 Å². The second-order valence-electron chi connectivity index (χ2n) is 7.68. The van der Waals surface area contributed by atoms with Crippen LogP contribution in [0.1, 0.15) is 50.2 Å². The molecule has 0 spiro atoms. The van der Waals surface area contributed by atoms with Gasteiger partial charge in [-0.25, -0.2) is 4.68 Å². The number of hydrogen-bond acceptors (Lipinski definition) is 6. The number of rotatable bonds is 8. The third-order valence-corrected chi connectivity index (χ3v) is 5.24. The van der Waals surface area contributed by atoms with Gasteiger partial charge < -0.3 is 5.32 Å². The molecule has 0 unspecified atom stereocenters. The van der Waals surface area contributed by atoms with Crippen molar-refractivity contribution in [3.05, 3.63) is 35.9 Å². The molecule has 11 heteroatoms. The first-order chi connectivity index (χ1) is 14.3. The lowest BCUT2D eigenvalue weighted by molar-refractivity contribution is -0.164. The van der Waals surface area contributed by atoms with Gasteiger partial charge in [0.15, 0.2) is 11.9 Å². The molecule has 1 aliphatic heterocycles. The Bertz CT molecular complexity index is 804. The number of carbonyl (C=O) groups excluding carboxylic acids is 1. The molecule has 0 radical (unpaired) electrons. The van der Waals surface area contributed by atoms with E-state index in [4.69, 9.17) is 0 Å². The highest BCUT2D eigenvalue weighted by Gasteiger charge is 2.42. The third-order valence-electron chi connectivity index (χ3n) is 5.24. The molecule has 1 fully saturated rings. The summed E-state index contributed by atoms with van der Waals surface area (Å²) in [6.45, 7) is 5.21. The molecule has 0 bridgehead atoms. The first-order valence-corrected chi connectivity index (χ1v) is 10.1. The van der Waals surface area contributed by atoms with Crippen LogP contribution in [0.2, 0.25) is 0 Å². The molecule has 0 aliphatic carbocycles. The SMILES string of the molecule is CC1CCN(Cc2nnnn2CCCC(=O)N[C@H](c2ccccn2)C(F)(F)F)CC1. The van der Waals surface area contributed by atoms with Gasteiger partial charge in [0.1, 0.15) is 0 Å². The van der Waals surface area contributed by atoms with E-state index < -0.39 is 18.1 Å². The van der Waals surface area contributed by atoms with Crippen molar-refractivity contribution >= 4 is 5.91 Å². The Morgan fingerprint density at radius 3 is 2.73 bits per heavy atom. The van der Waals surface area contributed by atoms with Crippen LogP contribution in [0.5, 0.6) is 0 Å². The summed E-state index contributed by atoms with van der Waals surface area (Å²) in [6.07, 6.45) is -0.828. The zero-order valence-electron chi connectivity index (χ0n) is 16.8. The Morgan fingerprint density at radius 2 is 2.07 bits per heavy atom. The van der Waals surface area contributed by atoms with E-state index in [2.05, 4.69) is 32.3 Å². The fraction of sp³-hybridized carbons (Fsp3) is 0.632. The summed E-state index contributed by atoms with van der Waals surface area (Å²) in [4.78, 5) is 18.1. The molecule has 3 rings (SSSR count). The number of nitrogens with zero attached hydrogens (tertiary/aromatic N) is 6. The van der Waals surface area contributed by atoms with E-state index >= 15 is 0 Å². The number of tetrazole rings is 1.